The van der Waals surface area contributed by atoms with Crippen molar-refractivity contribution in [3.05, 3.63) is 148 Å². The number of nitrogens with zero attached hydrogens (tertiary/aromatic N) is 4. The van der Waals surface area contributed by atoms with E-state index in [1.54, 1.807) is 27.5 Å². The summed E-state index contributed by atoms with van der Waals surface area (Å²) in [6.07, 6.45) is 0.650. The molecule has 1 unspecified atom stereocenters. The fourth-order valence-electron chi connectivity index (χ4n) is 7.13. The largest absolute Gasteiger partial charge is 0.379 e. The average Bonchev–Trinajstić information content (AvgIpc) is 3.48. The zero-order valence-corrected chi connectivity index (χ0v) is 30.3. The lowest BCUT2D eigenvalue weighted by Crippen LogP contribution is -2.52. The molecule has 2 aliphatic heterocycles. The Morgan fingerprint density at radius 2 is 1.42 bits per heavy atom. The van der Waals surface area contributed by atoms with Crippen LogP contribution in [0.25, 0.3) is 11.3 Å². The molecule has 1 fully saturated rings. The number of rotatable bonds is 8. The lowest BCUT2D eigenvalue weighted by atomic mass is 9.92. The molecule has 0 saturated carbocycles. The van der Waals surface area contributed by atoms with Gasteiger partial charge in [0.05, 0.1) is 30.9 Å². The van der Waals surface area contributed by atoms with E-state index >= 15 is 8.78 Å². The highest BCUT2D eigenvalue weighted by Gasteiger charge is 2.34. The lowest BCUT2D eigenvalue weighted by Gasteiger charge is -2.40. The van der Waals surface area contributed by atoms with Gasteiger partial charge in [-0.2, -0.15) is 0 Å². The van der Waals surface area contributed by atoms with Crippen molar-refractivity contribution in [2.75, 3.05) is 37.7 Å². The Balaban J connectivity index is 0.00000228. The molecular formula is C43H46F2N4O3. The second-order valence-electron chi connectivity index (χ2n) is 13.1. The third-order valence-electron chi connectivity index (χ3n) is 10.0. The molecular weight excluding hydrogens is 658 g/mol. The summed E-state index contributed by atoms with van der Waals surface area (Å²) in [7, 11) is 1.78. The number of para-hydroxylation sites is 1. The minimum atomic E-state index is -1.10. The highest BCUT2D eigenvalue weighted by atomic mass is 19.2. The molecule has 0 aliphatic carbocycles. The lowest BCUT2D eigenvalue weighted by molar-refractivity contribution is 0.0193. The van der Waals surface area contributed by atoms with E-state index in [2.05, 4.69) is 11.0 Å². The number of carbonyl (C=O) groups is 2. The van der Waals surface area contributed by atoms with Crippen LogP contribution in [0.4, 0.5) is 14.5 Å². The maximum absolute atomic E-state index is 15.1. The van der Waals surface area contributed by atoms with Gasteiger partial charge >= 0.3 is 0 Å². The molecule has 3 heterocycles. The van der Waals surface area contributed by atoms with Gasteiger partial charge in [0.1, 0.15) is 0 Å². The van der Waals surface area contributed by atoms with E-state index in [1.807, 2.05) is 99.6 Å². The van der Waals surface area contributed by atoms with Gasteiger partial charge in [-0.25, -0.2) is 8.78 Å². The summed E-state index contributed by atoms with van der Waals surface area (Å²) in [5.41, 5.74) is 5.68. The van der Waals surface area contributed by atoms with Gasteiger partial charge in [-0.15, -0.1) is 0 Å². The zero-order chi connectivity index (χ0) is 36.8. The Hall–Kier alpha value is -5.12. The molecule has 7 nitrogen and oxygen atoms in total. The number of halogens is 2. The fourth-order valence-corrected chi connectivity index (χ4v) is 7.13. The highest BCUT2D eigenvalue weighted by Crippen LogP contribution is 2.34. The molecule has 5 aromatic rings. The van der Waals surface area contributed by atoms with Gasteiger partial charge in [0.25, 0.3) is 11.8 Å². The maximum atomic E-state index is 15.1. The Kier molecular flexibility index (Phi) is 11.6. The first-order valence-corrected chi connectivity index (χ1v) is 18.0. The van der Waals surface area contributed by atoms with Crippen molar-refractivity contribution in [1.82, 2.24) is 14.4 Å². The van der Waals surface area contributed by atoms with Crippen molar-refractivity contribution in [2.45, 2.75) is 46.3 Å². The molecule has 1 aromatic heterocycles. The van der Waals surface area contributed by atoms with Gasteiger partial charge in [0.2, 0.25) is 0 Å². The summed E-state index contributed by atoms with van der Waals surface area (Å²) < 4.78 is 37.5. The summed E-state index contributed by atoms with van der Waals surface area (Å²) in [4.78, 5) is 34.9. The summed E-state index contributed by atoms with van der Waals surface area (Å²) in [5.74, 6) is -2.78. The molecule has 1 saturated heterocycles. The molecule has 2 aliphatic rings. The average molecular weight is 705 g/mol. The predicted octanol–water partition coefficient (Wildman–Crippen LogP) is 8.05. The Morgan fingerprint density at radius 1 is 0.808 bits per heavy atom. The summed E-state index contributed by atoms with van der Waals surface area (Å²) in [6, 6.07) is 30.8. The summed E-state index contributed by atoms with van der Waals surface area (Å²) >= 11 is 0. The first kappa shape index (κ1) is 36.7. The monoisotopic (exact) mass is 704 g/mol. The molecule has 9 heteroatoms. The van der Waals surface area contributed by atoms with Gasteiger partial charge in [-0.3, -0.25) is 14.5 Å². The predicted molar refractivity (Wildman–Crippen MR) is 201 cm³/mol. The van der Waals surface area contributed by atoms with E-state index in [-0.39, 0.29) is 29.0 Å². The molecule has 0 N–H and O–H groups in total. The van der Waals surface area contributed by atoms with Crippen molar-refractivity contribution in [3.63, 3.8) is 0 Å². The van der Waals surface area contributed by atoms with Gasteiger partial charge < -0.3 is 19.1 Å². The van der Waals surface area contributed by atoms with E-state index in [0.717, 1.165) is 42.0 Å². The van der Waals surface area contributed by atoms with Crippen molar-refractivity contribution in [3.8, 4) is 11.3 Å². The topological polar surface area (TPSA) is 58.0 Å². The molecule has 0 radical (unpaired) electrons. The van der Waals surface area contributed by atoms with Crippen LogP contribution in [0.2, 0.25) is 0 Å². The van der Waals surface area contributed by atoms with Crippen LogP contribution >= 0.6 is 0 Å². The third-order valence-corrected chi connectivity index (χ3v) is 10.0. The fraction of sp³-hybridized carbons (Fsp3) is 0.302. The van der Waals surface area contributed by atoms with Gasteiger partial charge in [0.15, 0.2) is 11.6 Å². The third kappa shape index (κ3) is 7.71. The number of carbonyl (C=O) groups excluding carboxylic acids is 2. The normalized spacial score (nSPS) is 15.7. The van der Waals surface area contributed by atoms with Crippen molar-refractivity contribution >= 4 is 17.5 Å². The number of hydrogen-bond acceptors (Lipinski definition) is 4. The van der Waals surface area contributed by atoms with Crippen LogP contribution in [0, 0.1) is 18.6 Å². The van der Waals surface area contributed by atoms with Gasteiger partial charge in [-0.1, -0.05) is 86.6 Å². The Morgan fingerprint density at radius 3 is 2.12 bits per heavy atom. The zero-order valence-electron chi connectivity index (χ0n) is 30.3. The van der Waals surface area contributed by atoms with E-state index in [1.165, 1.54) is 5.56 Å². The van der Waals surface area contributed by atoms with Crippen molar-refractivity contribution in [2.24, 2.45) is 7.05 Å². The van der Waals surface area contributed by atoms with Crippen LogP contribution in [0.5, 0.6) is 0 Å². The SMILES string of the molecule is CC.Cc1c(C(=O)N(Cc2ccccc2)c2ccccc2)cc(-c2cc(F)c(F)cc2C(=O)N2Cc3ccccc3CC2CN2CCOCC2)n1C. The minimum Gasteiger partial charge on any atom is -0.379 e. The number of fused-ring (bicyclic) bond motifs is 1. The molecule has 270 valence electrons. The molecule has 0 bridgehead atoms. The molecule has 7 rings (SSSR count). The van der Waals surface area contributed by atoms with Crippen LogP contribution in [-0.2, 0) is 31.3 Å². The van der Waals surface area contributed by atoms with Crippen LogP contribution in [-0.4, -0.2) is 65.1 Å². The second-order valence-corrected chi connectivity index (χ2v) is 13.1. The number of anilines is 1. The van der Waals surface area contributed by atoms with Gasteiger partial charge in [0, 0.05) is 61.9 Å². The smallest absolute Gasteiger partial charge is 0.260 e. The van der Waals surface area contributed by atoms with Crippen LogP contribution in [0.15, 0.2) is 103 Å². The Labute approximate surface area is 305 Å². The maximum Gasteiger partial charge on any atom is 0.260 e. The highest BCUT2D eigenvalue weighted by molar-refractivity contribution is 6.08. The second kappa shape index (κ2) is 16.5. The number of ether oxygens (including phenoxy) is 1. The van der Waals surface area contributed by atoms with Crippen LogP contribution in [0.1, 0.15) is 56.9 Å². The molecule has 2 amide bonds. The molecule has 0 spiro atoms. The number of benzene rings is 4. The van der Waals surface area contributed by atoms with Crippen molar-refractivity contribution < 1.29 is 23.1 Å². The van der Waals surface area contributed by atoms with E-state index in [4.69, 9.17) is 4.74 Å². The molecule has 1 atom stereocenters. The number of morpholine rings is 1. The van der Waals surface area contributed by atoms with Crippen LogP contribution in [0.3, 0.4) is 0 Å². The van der Waals surface area contributed by atoms with E-state index < -0.39 is 11.6 Å². The molecule has 52 heavy (non-hydrogen) atoms. The molecule has 4 aromatic carbocycles. The van der Waals surface area contributed by atoms with Crippen molar-refractivity contribution in [1.29, 1.82) is 0 Å². The first-order chi connectivity index (χ1) is 25.3. The number of hydrogen-bond donors (Lipinski definition) is 0. The number of aromatic nitrogens is 1. The summed E-state index contributed by atoms with van der Waals surface area (Å²) in [6.45, 7) is 9.94. The Bertz CT molecular complexity index is 2010. The van der Waals surface area contributed by atoms with E-state index in [0.29, 0.717) is 56.2 Å². The summed E-state index contributed by atoms with van der Waals surface area (Å²) in [5, 5.41) is 0. The minimum absolute atomic E-state index is 0.0547. The van der Waals surface area contributed by atoms with Gasteiger partial charge in [-0.05, 0) is 60.4 Å². The standard InChI is InChI=1S/C41H40F2N4O3.C2H6/c1-28-34(40(48)46(32-15-7-4-8-16-32)25-29-11-5-3-6-12-29)24-39(44(28)2)35-22-37(42)38(43)23-36(35)41(49)47-26-31-14-10-9-13-30(31)21-33(47)27-45-17-19-50-20-18-45;1-2/h3-16,22-24,33H,17-21,25-27H2,1-2H3;1-2H3. The van der Waals surface area contributed by atoms with E-state index in [9.17, 15) is 9.59 Å². The quantitative estimate of drug-likeness (QED) is 0.164. The first-order valence-electron chi connectivity index (χ1n) is 18.0. The van der Waals surface area contributed by atoms with Crippen LogP contribution < -0.4 is 4.90 Å². The number of amides is 2.